The van der Waals surface area contributed by atoms with Crippen LogP contribution in [0.25, 0.3) is 10.9 Å². The van der Waals surface area contributed by atoms with Crippen molar-refractivity contribution < 1.29 is 9.59 Å². The molecule has 150 valence electrons. The molecule has 2 aromatic carbocycles. The van der Waals surface area contributed by atoms with Gasteiger partial charge in [0.15, 0.2) is 0 Å². The summed E-state index contributed by atoms with van der Waals surface area (Å²) in [7, 11) is 0. The third kappa shape index (κ3) is 4.04. The molecule has 4 rings (SSSR count). The summed E-state index contributed by atoms with van der Waals surface area (Å²) in [5.41, 5.74) is 4.41. The quantitative estimate of drug-likeness (QED) is 0.669. The van der Waals surface area contributed by atoms with Crippen molar-refractivity contribution in [1.29, 1.82) is 0 Å². The molecule has 0 aliphatic carbocycles. The lowest BCUT2D eigenvalue weighted by Gasteiger charge is -2.17. The summed E-state index contributed by atoms with van der Waals surface area (Å²) in [6.07, 6.45) is 3.03. The van der Waals surface area contributed by atoms with Crippen LogP contribution in [0.1, 0.15) is 37.3 Å². The van der Waals surface area contributed by atoms with E-state index in [0.717, 1.165) is 17.6 Å². The normalized spacial score (nSPS) is 16.7. The van der Waals surface area contributed by atoms with Crippen molar-refractivity contribution in [2.24, 2.45) is 5.92 Å². The molecule has 29 heavy (non-hydrogen) atoms. The van der Waals surface area contributed by atoms with Crippen molar-refractivity contribution >= 4 is 28.4 Å². The van der Waals surface area contributed by atoms with Crippen molar-refractivity contribution in [3.8, 4) is 0 Å². The van der Waals surface area contributed by atoms with Gasteiger partial charge in [0.25, 0.3) is 0 Å². The van der Waals surface area contributed by atoms with Gasteiger partial charge in [-0.1, -0.05) is 44.2 Å². The Morgan fingerprint density at radius 1 is 1.17 bits per heavy atom. The largest absolute Gasteiger partial charge is 0.361 e. The average molecular weight is 389 g/mol. The molecule has 5 nitrogen and oxygen atoms in total. The molecule has 2 N–H and O–H groups in total. The number of aromatic nitrogens is 1. The molecule has 1 saturated heterocycles. The molecule has 2 amide bonds. The fraction of sp³-hybridized carbons (Fsp3) is 0.333. The fourth-order valence-corrected chi connectivity index (χ4v) is 3.98. The van der Waals surface area contributed by atoms with E-state index in [0.29, 0.717) is 19.0 Å². The highest BCUT2D eigenvalue weighted by molar-refractivity contribution is 6.00. The molecule has 5 heteroatoms. The third-order valence-corrected chi connectivity index (χ3v) is 5.74. The lowest BCUT2D eigenvalue weighted by molar-refractivity contribution is -0.126. The molecule has 2 heterocycles. The standard InChI is InChI=1S/C24H27N3O2/c1-16(2)17-7-9-20(10-8-17)27-15-19(13-23(27)28)24(29)25-12-11-18-14-26-22-6-4-3-5-21(18)22/h3-10,14,16,19,26H,11-13,15H2,1-2H3,(H,25,29)/t19-/m1/s1. The SMILES string of the molecule is CC(C)c1ccc(N2C[C@H](C(=O)NCCc3c[nH]c4ccccc34)CC2=O)cc1. The number of rotatable bonds is 6. The Morgan fingerprint density at radius 2 is 1.93 bits per heavy atom. The zero-order valence-electron chi connectivity index (χ0n) is 16.9. The van der Waals surface area contributed by atoms with Gasteiger partial charge < -0.3 is 15.2 Å². The van der Waals surface area contributed by atoms with Crippen LogP contribution in [0.3, 0.4) is 0 Å². The van der Waals surface area contributed by atoms with Crippen LogP contribution in [0.4, 0.5) is 5.69 Å². The second-order valence-electron chi connectivity index (χ2n) is 8.05. The van der Waals surface area contributed by atoms with Gasteiger partial charge in [0.1, 0.15) is 0 Å². The molecular weight excluding hydrogens is 362 g/mol. The summed E-state index contributed by atoms with van der Waals surface area (Å²) >= 11 is 0. The molecule has 0 saturated carbocycles. The van der Waals surface area contributed by atoms with Gasteiger partial charge in [-0.3, -0.25) is 9.59 Å². The molecule has 1 fully saturated rings. The van der Waals surface area contributed by atoms with Crippen LogP contribution in [0.15, 0.2) is 54.7 Å². The first-order valence-electron chi connectivity index (χ1n) is 10.3. The van der Waals surface area contributed by atoms with E-state index in [2.05, 4.69) is 42.3 Å². The average Bonchev–Trinajstić information content (AvgIpc) is 3.32. The van der Waals surface area contributed by atoms with Gasteiger partial charge in [0, 0.05) is 42.3 Å². The summed E-state index contributed by atoms with van der Waals surface area (Å²) in [5.74, 6) is 0.128. The molecule has 1 aliphatic rings. The molecule has 0 bridgehead atoms. The van der Waals surface area contributed by atoms with Crippen LogP contribution in [-0.2, 0) is 16.0 Å². The minimum Gasteiger partial charge on any atom is -0.361 e. The Labute approximate surface area is 171 Å². The van der Waals surface area contributed by atoms with E-state index in [4.69, 9.17) is 0 Å². The van der Waals surface area contributed by atoms with E-state index in [-0.39, 0.29) is 24.2 Å². The fourth-order valence-electron chi connectivity index (χ4n) is 3.98. The zero-order valence-corrected chi connectivity index (χ0v) is 16.9. The minimum absolute atomic E-state index is 0.0130. The lowest BCUT2D eigenvalue weighted by atomic mass is 10.0. The topological polar surface area (TPSA) is 65.2 Å². The Balaban J connectivity index is 1.33. The molecular formula is C24H27N3O2. The van der Waals surface area contributed by atoms with E-state index in [1.54, 1.807) is 4.90 Å². The lowest BCUT2D eigenvalue weighted by Crippen LogP contribution is -2.34. The minimum atomic E-state index is -0.296. The number of aromatic amines is 1. The number of benzene rings is 2. The number of H-pyrrole nitrogens is 1. The first-order valence-corrected chi connectivity index (χ1v) is 10.3. The maximum Gasteiger partial charge on any atom is 0.227 e. The number of anilines is 1. The van der Waals surface area contributed by atoms with Crippen molar-refractivity contribution in [2.75, 3.05) is 18.0 Å². The van der Waals surface area contributed by atoms with Gasteiger partial charge in [0.2, 0.25) is 11.8 Å². The third-order valence-electron chi connectivity index (χ3n) is 5.74. The van der Waals surface area contributed by atoms with Crippen molar-refractivity contribution in [1.82, 2.24) is 10.3 Å². The molecule has 0 unspecified atom stereocenters. The molecule has 0 spiro atoms. The van der Waals surface area contributed by atoms with Crippen LogP contribution in [0, 0.1) is 5.92 Å². The maximum atomic E-state index is 12.6. The predicted molar refractivity (Wildman–Crippen MR) is 116 cm³/mol. The van der Waals surface area contributed by atoms with Gasteiger partial charge in [-0.05, 0) is 41.7 Å². The molecule has 0 radical (unpaired) electrons. The van der Waals surface area contributed by atoms with Crippen LogP contribution >= 0.6 is 0 Å². The van der Waals surface area contributed by atoms with E-state index < -0.39 is 0 Å². The number of hydrogen-bond acceptors (Lipinski definition) is 2. The summed E-state index contributed by atoms with van der Waals surface area (Å²) in [4.78, 5) is 30.1. The highest BCUT2D eigenvalue weighted by Gasteiger charge is 2.34. The molecule has 3 aromatic rings. The van der Waals surface area contributed by atoms with Gasteiger partial charge in [-0.2, -0.15) is 0 Å². The smallest absolute Gasteiger partial charge is 0.227 e. The monoisotopic (exact) mass is 389 g/mol. The van der Waals surface area contributed by atoms with Crippen LogP contribution in [-0.4, -0.2) is 29.9 Å². The number of para-hydroxylation sites is 1. The van der Waals surface area contributed by atoms with Crippen molar-refractivity contribution in [2.45, 2.75) is 32.6 Å². The number of nitrogens with zero attached hydrogens (tertiary/aromatic N) is 1. The van der Waals surface area contributed by atoms with E-state index >= 15 is 0 Å². The number of carbonyl (C=O) groups is 2. The predicted octanol–water partition coefficient (Wildman–Crippen LogP) is 4.00. The van der Waals surface area contributed by atoms with E-state index in [1.807, 2.05) is 36.5 Å². The maximum absolute atomic E-state index is 12.6. The van der Waals surface area contributed by atoms with Crippen molar-refractivity contribution in [3.05, 3.63) is 65.9 Å². The molecule has 1 aliphatic heterocycles. The number of amides is 2. The Morgan fingerprint density at radius 3 is 2.69 bits per heavy atom. The van der Waals surface area contributed by atoms with E-state index in [9.17, 15) is 9.59 Å². The zero-order chi connectivity index (χ0) is 20.4. The van der Waals surface area contributed by atoms with Gasteiger partial charge in [-0.25, -0.2) is 0 Å². The van der Waals surface area contributed by atoms with E-state index in [1.165, 1.54) is 16.5 Å². The highest BCUT2D eigenvalue weighted by atomic mass is 16.2. The summed E-state index contributed by atoms with van der Waals surface area (Å²) in [6.45, 7) is 5.30. The van der Waals surface area contributed by atoms with Gasteiger partial charge >= 0.3 is 0 Å². The summed E-state index contributed by atoms with van der Waals surface area (Å²) in [5, 5.41) is 4.20. The summed E-state index contributed by atoms with van der Waals surface area (Å²) < 4.78 is 0. The Kier molecular flexibility index (Phi) is 5.38. The highest BCUT2D eigenvalue weighted by Crippen LogP contribution is 2.27. The first-order chi connectivity index (χ1) is 14.0. The number of hydrogen-bond donors (Lipinski definition) is 2. The number of carbonyl (C=O) groups excluding carboxylic acids is 2. The van der Waals surface area contributed by atoms with Crippen LogP contribution in [0.2, 0.25) is 0 Å². The second kappa shape index (κ2) is 8.11. The molecule has 1 atom stereocenters. The Hall–Kier alpha value is -3.08. The van der Waals surface area contributed by atoms with Gasteiger partial charge in [-0.15, -0.1) is 0 Å². The molecule has 1 aromatic heterocycles. The van der Waals surface area contributed by atoms with Crippen LogP contribution < -0.4 is 10.2 Å². The number of fused-ring (bicyclic) bond motifs is 1. The second-order valence-corrected chi connectivity index (χ2v) is 8.05. The van der Waals surface area contributed by atoms with Crippen LogP contribution in [0.5, 0.6) is 0 Å². The summed E-state index contributed by atoms with van der Waals surface area (Å²) in [6, 6.07) is 16.2. The van der Waals surface area contributed by atoms with Crippen molar-refractivity contribution in [3.63, 3.8) is 0 Å². The number of nitrogens with one attached hydrogen (secondary N) is 2. The van der Waals surface area contributed by atoms with Gasteiger partial charge in [0.05, 0.1) is 5.92 Å². The first kappa shape index (κ1) is 19.2. The Bertz CT molecular complexity index is 1020.